The third kappa shape index (κ3) is 2.16. The fraction of sp³-hybridized carbons (Fsp3) is 0.643. The van der Waals surface area contributed by atoms with E-state index in [1.165, 1.54) is 31.5 Å². The van der Waals surface area contributed by atoms with Crippen molar-refractivity contribution >= 4 is 6.08 Å². The number of aromatic nitrogens is 1. The van der Waals surface area contributed by atoms with Crippen molar-refractivity contribution in [3.63, 3.8) is 0 Å². The van der Waals surface area contributed by atoms with Gasteiger partial charge in [0.25, 0.3) is 0 Å². The number of fused-ring (bicyclic) bond motifs is 3. The molecule has 17 heavy (non-hydrogen) atoms. The average Bonchev–Trinajstić information content (AvgIpc) is 2.79. The lowest BCUT2D eigenvalue weighted by atomic mass is 9.83. The highest BCUT2D eigenvalue weighted by atomic mass is 16.5. The molecule has 3 nitrogen and oxygen atoms in total. The molecule has 4 rings (SSSR count). The second kappa shape index (κ2) is 4.30. The van der Waals surface area contributed by atoms with Crippen LogP contribution in [0.1, 0.15) is 44.1 Å². The van der Waals surface area contributed by atoms with Crippen molar-refractivity contribution in [3.8, 4) is 0 Å². The van der Waals surface area contributed by atoms with Crippen molar-refractivity contribution in [2.45, 2.75) is 32.6 Å². The van der Waals surface area contributed by atoms with Gasteiger partial charge in [-0.2, -0.15) is 0 Å². The molecular weight excluding hydrogens is 212 g/mol. The molecule has 1 aromatic rings. The summed E-state index contributed by atoms with van der Waals surface area (Å²) in [5.41, 5.74) is 2.59. The van der Waals surface area contributed by atoms with Crippen LogP contribution in [0.25, 0.3) is 6.08 Å². The molecule has 4 heterocycles. The van der Waals surface area contributed by atoms with E-state index in [9.17, 15) is 0 Å². The summed E-state index contributed by atoms with van der Waals surface area (Å²) in [4.78, 5) is 2.53. The van der Waals surface area contributed by atoms with Crippen molar-refractivity contribution in [2.75, 3.05) is 19.6 Å². The second-order valence-corrected chi connectivity index (χ2v) is 5.58. The first kappa shape index (κ1) is 11.0. The van der Waals surface area contributed by atoms with Crippen LogP contribution in [0.5, 0.6) is 0 Å². The number of hydrogen-bond donors (Lipinski definition) is 0. The minimum absolute atomic E-state index is 0.442. The van der Waals surface area contributed by atoms with Crippen LogP contribution in [-0.4, -0.2) is 29.7 Å². The highest BCUT2D eigenvalue weighted by Gasteiger charge is 2.29. The first-order chi connectivity index (χ1) is 8.22. The average molecular weight is 232 g/mol. The monoisotopic (exact) mass is 232 g/mol. The minimum Gasteiger partial charge on any atom is -0.357 e. The SMILES string of the molecule is CC(C)c1cc(/C=C2/CN3CCC2CC3)on1. The molecule has 0 aromatic carbocycles. The molecule has 3 heteroatoms. The Morgan fingerprint density at radius 3 is 2.71 bits per heavy atom. The van der Waals surface area contributed by atoms with Crippen molar-refractivity contribution < 1.29 is 4.52 Å². The van der Waals surface area contributed by atoms with Gasteiger partial charge in [0.05, 0.1) is 5.69 Å². The number of piperidine rings is 3. The first-order valence-corrected chi connectivity index (χ1v) is 6.62. The maximum absolute atomic E-state index is 5.39. The smallest absolute Gasteiger partial charge is 0.159 e. The van der Waals surface area contributed by atoms with Crippen molar-refractivity contribution in [3.05, 3.63) is 23.1 Å². The maximum atomic E-state index is 5.39. The summed E-state index contributed by atoms with van der Waals surface area (Å²) in [7, 11) is 0. The molecule has 0 radical (unpaired) electrons. The molecule has 92 valence electrons. The molecule has 0 atom stereocenters. The lowest BCUT2D eigenvalue weighted by Gasteiger charge is -2.40. The molecule has 0 aliphatic carbocycles. The van der Waals surface area contributed by atoms with E-state index in [-0.39, 0.29) is 0 Å². The Kier molecular flexibility index (Phi) is 2.79. The van der Waals surface area contributed by atoms with Gasteiger partial charge in [0.1, 0.15) is 0 Å². The summed E-state index contributed by atoms with van der Waals surface area (Å²) >= 11 is 0. The van der Waals surface area contributed by atoms with Gasteiger partial charge >= 0.3 is 0 Å². The van der Waals surface area contributed by atoms with Gasteiger partial charge < -0.3 is 4.52 Å². The lowest BCUT2D eigenvalue weighted by Crippen LogP contribution is -2.42. The van der Waals surface area contributed by atoms with E-state index in [1.807, 2.05) is 0 Å². The summed E-state index contributed by atoms with van der Waals surface area (Å²) in [6, 6.07) is 2.08. The standard InChI is InChI=1S/C14H20N2O/c1-10(2)14-8-13(17-15-14)7-12-9-16-5-3-11(12)4-6-16/h7-8,10-11H,3-6,9H2,1-2H3/b12-7-. The van der Waals surface area contributed by atoms with Gasteiger partial charge in [0.15, 0.2) is 5.76 Å². The van der Waals surface area contributed by atoms with Gasteiger partial charge in [-0.1, -0.05) is 19.0 Å². The highest BCUT2D eigenvalue weighted by molar-refractivity contribution is 5.50. The van der Waals surface area contributed by atoms with Gasteiger partial charge in [-0.15, -0.1) is 0 Å². The zero-order valence-electron chi connectivity index (χ0n) is 10.6. The molecule has 3 saturated heterocycles. The summed E-state index contributed by atoms with van der Waals surface area (Å²) in [5, 5.41) is 4.11. The van der Waals surface area contributed by atoms with Gasteiger partial charge in [-0.05, 0) is 49.4 Å². The summed E-state index contributed by atoms with van der Waals surface area (Å²) in [5.74, 6) is 2.16. The molecule has 0 amide bonds. The molecule has 3 aliphatic rings. The quantitative estimate of drug-likeness (QED) is 0.785. The fourth-order valence-electron chi connectivity index (χ4n) is 2.84. The zero-order valence-corrected chi connectivity index (χ0v) is 10.6. The molecule has 3 aliphatic heterocycles. The third-order valence-electron chi connectivity index (χ3n) is 3.98. The van der Waals surface area contributed by atoms with Crippen molar-refractivity contribution in [2.24, 2.45) is 5.92 Å². The molecule has 1 aromatic heterocycles. The molecule has 0 N–H and O–H groups in total. The second-order valence-electron chi connectivity index (χ2n) is 5.58. The van der Waals surface area contributed by atoms with Gasteiger partial charge in [0, 0.05) is 12.6 Å². The van der Waals surface area contributed by atoms with Crippen LogP contribution in [0, 0.1) is 5.92 Å². The Balaban J connectivity index is 1.80. The normalized spacial score (nSPS) is 30.4. The topological polar surface area (TPSA) is 29.3 Å². The van der Waals surface area contributed by atoms with Crippen molar-refractivity contribution in [1.29, 1.82) is 0 Å². The first-order valence-electron chi connectivity index (χ1n) is 6.62. The largest absolute Gasteiger partial charge is 0.357 e. The number of hydrogen-bond acceptors (Lipinski definition) is 3. The Labute approximate surface area is 102 Å². The van der Waals surface area contributed by atoms with Crippen LogP contribution >= 0.6 is 0 Å². The molecule has 0 spiro atoms. The Bertz CT molecular complexity index is 425. The van der Waals surface area contributed by atoms with E-state index >= 15 is 0 Å². The van der Waals surface area contributed by atoms with E-state index in [2.05, 4.69) is 36.0 Å². The number of nitrogens with zero attached hydrogens (tertiary/aromatic N) is 2. The maximum Gasteiger partial charge on any atom is 0.159 e. The van der Waals surface area contributed by atoms with Gasteiger partial charge in [-0.25, -0.2) is 0 Å². The molecule has 3 fully saturated rings. The minimum atomic E-state index is 0.442. The Morgan fingerprint density at radius 1 is 1.41 bits per heavy atom. The molecule has 0 unspecified atom stereocenters. The Morgan fingerprint density at radius 2 is 2.18 bits per heavy atom. The van der Waals surface area contributed by atoms with Crippen LogP contribution < -0.4 is 0 Å². The van der Waals surface area contributed by atoms with Crippen LogP contribution in [0.15, 0.2) is 16.2 Å². The third-order valence-corrected chi connectivity index (χ3v) is 3.98. The molecule has 2 bridgehead atoms. The molecular formula is C14H20N2O. The Hall–Kier alpha value is -1.09. The fourth-order valence-corrected chi connectivity index (χ4v) is 2.84. The van der Waals surface area contributed by atoms with Crippen LogP contribution in [0.3, 0.4) is 0 Å². The zero-order chi connectivity index (χ0) is 11.8. The predicted octanol–water partition coefficient (Wildman–Crippen LogP) is 2.91. The highest BCUT2D eigenvalue weighted by Crippen LogP contribution is 2.33. The van der Waals surface area contributed by atoms with Gasteiger partial charge in [0.2, 0.25) is 0 Å². The van der Waals surface area contributed by atoms with Gasteiger partial charge in [-0.3, -0.25) is 4.90 Å². The van der Waals surface area contributed by atoms with Crippen LogP contribution in [-0.2, 0) is 0 Å². The van der Waals surface area contributed by atoms with Crippen LogP contribution in [0.2, 0.25) is 0 Å². The summed E-state index contributed by atoms with van der Waals surface area (Å²) in [6.07, 6.45) is 4.85. The number of rotatable bonds is 2. The molecule has 0 saturated carbocycles. The van der Waals surface area contributed by atoms with E-state index in [1.54, 1.807) is 0 Å². The van der Waals surface area contributed by atoms with Crippen LogP contribution in [0.4, 0.5) is 0 Å². The lowest BCUT2D eigenvalue weighted by molar-refractivity contribution is 0.163. The summed E-state index contributed by atoms with van der Waals surface area (Å²) < 4.78 is 5.39. The van der Waals surface area contributed by atoms with E-state index in [0.29, 0.717) is 5.92 Å². The predicted molar refractivity (Wildman–Crippen MR) is 67.7 cm³/mol. The van der Waals surface area contributed by atoms with E-state index in [0.717, 1.165) is 23.9 Å². The van der Waals surface area contributed by atoms with Crippen molar-refractivity contribution in [1.82, 2.24) is 10.1 Å². The summed E-state index contributed by atoms with van der Waals surface area (Å²) in [6.45, 7) is 7.96. The van der Waals surface area contributed by atoms with E-state index < -0.39 is 0 Å². The van der Waals surface area contributed by atoms with E-state index in [4.69, 9.17) is 4.52 Å².